The molecule has 2 unspecified atom stereocenters. The first-order valence-corrected chi connectivity index (χ1v) is 15.7. The monoisotopic (exact) mass is 470 g/mol. The summed E-state index contributed by atoms with van der Waals surface area (Å²) >= 11 is 0. The average molecular weight is 471 g/mol. The molecule has 2 atom stereocenters. The molecule has 0 saturated heterocycles. The molecule has 0 N–H and O–H groups in total. The Morgan fingerprint density at radius 1 is 1.18 bits per heavy atom. The van der Waals surface area contributed by atoms with Crippen LogP contribution < -0.4 is 0 Å². The number of allylic oxidation sites excluding steroid dienone is 2. The highest BCUT2D eigenvalue weighted by Gasteiger charge is 2.38. The van der Waals surface area contributed by atoms with Crippen LogP contribution >= 0.6 is 0 Å². The van der Waals surface area contributed by atoms with E-state index in [0.717, 1.165) is 25.7 Å². The zero-order valence-corrected chi connectivity index (χ0v) is 22.9. The molecule has 0 bridgehead atoms. The summed E-state index contributed by atoms with van der Waals surface area (Å²) in [5.74, 6) is 0.385. The van der Waals surface area contributed by atoms with Gasteiger partial charge in [0.15, 0.2) is 8.32 Å². The van der Waals surface area contributed by atoms with Gasteiger partial charge in [0.2, 0.25) is 0 Å². The molecular weight excluding hydrogens is 424 g/mol. The standard InChI is InChI=1S/C29H46O3Si/c1-29(2,3)33(5,6)32-27(18-11-10-15-24-13-8-7-9-14-24)21-19-25-16-12-17-26(23-25)20-22-28(30)31-4/h7-9,13-14,19-21,25,27H,10-12,15-18,22-23H2,1-6H3/b21-19+,26-20+. The smallest absolute Gasteiger partial charge is 0.309 e. The molecule has 2 rings (SSSR count). The van der Waals surface area contributed by atoms with Gasteiger partial charge in [0, 0.05) is 0 Å². The van der Waals surface area contributed by atoms with Gasteiger partial charge in [-0.15, -0.1) is 0 Å². The Kier molecular flexibility index (Phi) is 11.1. The molecule has 0 radical (unpaired) electrons. The van der Waals surface area contributed by atoms with Crippen molar-refractivity contribution in [2.45, 2.75) is 103 Å². The number of rotatable bonds is 11. The summed E-state index contributed by atoms with van der Waals surface area (Å²) < 4.78 is 11.6. The summed E-state index contributed by atoms with van der Waals surface area (Å²) in [6.45, 7) is 11.6. The number of hydrogen-bond donors (Lipinski definition) is 0. The lowest BCUT2D eigenvalue weighted by Crippen LogP contribution is -2.43. The maximum atomic E-state index is 11.5. The van der Waals surface area contributed by atoms with Gasteiger partial charge < -0.3 is 9.16 Å². The van der Waals surface area contributed by atoms with E-state index in [-0.39, 0.29) is 17.1 Å². The first-order valence-electron chi connectivity index (χ1n) is 12.8. The van der Waals surface area contributed by atoms with Crippen molar-refractivity contribution in [2.24, 2.45) is 5.92 Å². The van der Waals surface area contributed by atoms with Crippen molar-refractivity contribution in [3.8, 4) is 0 Å². The van der Waals surface area contributed by atoms with Crippen molar-refractivity contribution in [3.63, 3.8) is 0 Å². The molecule has 0 spiro atoms. The van der Waals surface area contributed by atoms with Crippen molar-refractivity contribution in [2.75, 3.05) is 7.11 Å². The van der Waals surface area contributed by atoms with Gasteiger partial charge in [-0.3, -0.25) is 4.79 Å². The van der Waals surface area contributed by atoms with Gasteiger partial charge in [-0.25, -0.2) is 0 Å². The molecule has 4 heteroatoms. The van der Waals surface area contributed by atoms with Gasteiger partial charge in [-0.05, 0) is 74.6 Å². The first kappa shape index (κ1) is 27.6. The fourth-order valence-electron chi connectivity index (χ4n) is 4.14. The van der Waals surface area contributed by atoms with Crippen LogP contribution in [0.2, 0.25) is 18.1 Å². The molecule has 1 aromatic rings. The summed E-state index contributed by atoms with van der Waals surface area (Å²) in [7, 11) is -0.382. The minimum atomic E-state index is -1.84. The minimum absolute atomic E-state index is 0.154. The normalized spacial score (nSPS) is 19.7. The van der Waals surface area contributed by atoms with Crippen LogP contribution in [0.3, 0.4) is 0 Å². The number of benzene rings is 1. The van der Waals surface area contributed by atoms with Crippen molar-refractivity contribution >= 4 is 14.3 Å². The second-order valence-electron chi connectivity index (χ2n) is 11.0. The van der Waals surface area contributed by atoms with E-state index in [2.05, 4.69) is 82.4 Å². The largest absolute Gasteiger partial charge is 0.469 e. The number of carbonyl (C=O) groups is 1. The quantitative estimate of drug-likeness (QED) is 0.142. The van der Waals surface area contributed by atoms with Gasteiger partial charge in [0.1, 0.15) is 0 Å². The summed E-state index contributed by atoms with van der Waals surface area (Å²) in [5.41, 5.74) is 2.81. The molecule has 1 aliphatic carbocycles. The van der Waals surface area contributed by atoms with Crippen LogP contribution in [0.15, 0.2) is 54.1 Å². The molecule has 33 heavy (non-hydrogen) atoms. The van der Waals surface area contributed by atoms with E-state index in [1.54, 1.807) is 0 Å². The van der Waals surface area contributed by atoms with Gasteiger partial charge in [0.05, 0.1) is 19.6 Å². The van der Waals surface area contributed by atoms with Gasteiger partial charge in [-0.1, -0.05) is 81.3 Å². The third-order valence-corrected chi connectivity index (χ3v) is 11.8. The maximum absolute atomic E-state index is 11.5. The Morgan fingerprint density at radius 3 is 2.58 bits per heavy atom. The number of hydrogen-bond acceptors (Lipinski definition) is 3. The lowest BCUT2D eigenvalue weighted by atomic mass is 9.84. The van der Waals surface area contributed by atoms with Crippen LogP contribution in [0.4, 0.5) is 0 Å². The zero-order valence-electron chi connectivity index (χ0n) is 21.9. The van der Waals surface area contributed by atoms with Crippen molar-refractivity contribution in [1.82, 2.24) is 0 Å². The molecule has 1 aliphatic rings. The molecule has 1 fully saturated rings. The Hall–Kier alpha value is -1.65. The van der Waals surface area contributed by atoms with Crippen LogP contribution in [0.1, 0.15) is 77.7 Å². The van der Waals surface area contributed by atoms with E-state index < -0.39 is 8.32 Å². The van der Waals surface area contributed by atoms with Crippen molar-refractivity contribution < 1.29 is 14.0 Å². The molecule has 184 valence electrons. The predicted octanol–water partition coefficient (Wildman–Crippen LogP) is 8.03. The van der Waals surface area contributed by atoms with E-state index >= 15 is 0 Å². The summed E-state index contributed by atoms with van der Waals surface area (Å²) in [5, 5.41) is 0.206. The van der Waals surface area contributed by atoms with Gasteiger partial charge >= 0.3 is 5.97 Å². The third kappa shape index (κ3) is 10.0. The molecule has 1 aromatic carbocycles. The number of unbranched alkanes of at least 4 members (excludes halogenated alkanes) is 1. The van der Waals surface area contributed by atoms with Crippen LogP contribution in [-0.2, 0) is 20.4 Å². The van der Waals surface area contributed by atoms with Crippen LogP contribution in [-0.4, -0.2) is 27.5 Å². The van der Waals surface area contributed by atoms with Crippen LogP contribution in [0, 0.1) is 5.92 Å². The van der Waals surface area contributed by atoms with E-state index in [9.17, 15) is 4.79 Å². The van der Waals surface area contributed by atoms with Gasteiger partial charge in [0.25, 0.3) is 0 Å². The highest BCUT2D eigenvalue weighted by atomic mass is 28.4. The molecule has 0 aromatic heterocycles. The second kappa shape index (κ2) is 13.3. The predicted molar refractivity (Wildman–Crippen MR) is 142 cm³/mol. The second-order valence-corrected chi connectivity index (χ2v) is 15.8. The van der Waals surface area contributed by atoms with E-state index in [4.69, 9.17) is 9.16 Å². The third-order valence-electron chi connectivity index (χ3n) is 7.28. The fraction of sp³-hybridized carbons (Fsp3) is 0.621. The van der Waals surface area contributed by atoms with E-state index in [1.165, 1.54) is 43.9 Å². The van der Waals surface area contributed by atoms with E-state index in [0.29, 0.717) is 12.3 Å². The average Bonchev–Trinajstić information content (AvgIpc) is 2.78. The molecular formula is C29H46O3Si. The lowest BCUT2D eigenvalue weighted by Gasteiger charge is -2.39. The first-order chi connectivity index (χ1) is 15.6. The Bertz CT molecular complexity index is 774. The number of esters is 1. The maximum Gasteiger partial charge on any atom is 0.309 e. The number of methoxy groups -OCH3 is 1. The fourth-order valence-corrected chi connectivity index (χ4v) is 5.45. The summed E-state index contributed by atoms with van der Waals surface area (Å²) in [6.07, 6.45) is 16.6. The molecule has 3 nitrogen and oxygen atoms in total. The SMILES string of the molecule is COC(=O)C/C=C1\CCCC(/C=C/C(CCCCc2ccccc2)O[Si](C)(C)C(C)(C)C)C1. The number of aryl methyl sites for hydroxylation is 1. The molecule has 0 amide bonds. The Labute approximate surface area is 203 Å². The highest BCUT2D eigenvalue weighted by molar-refractivity contribution is 6.74. The molecule has 1 saturated carbocycles. The van der Waals surface area contributed by atoms with Gasteiger partial charge in [-0.2, -0.15) is 0 Å². The highest BCUT2D eigenvalue weighted by Crippen LogP contribution is 2.38. The number of ether oxygens (including phenoxy) is 1. The zero-order chi connectivity index (χ0) is 24.3. The topological polar surface area (TPSA) is 35.5 Å². The summed E-state index contributed by atoms with van der Waals surface area (Å²) in [4.78, 5) is 11.5. The van der Waals surface area contributed by atoms with Crippen LogP contribution in [0.5, 0.6) is 0 Å². The summed E-state index contributed by atoms with van der Waals surface area (Å²) in [6, 6.07) is 10.8. The number of carbonyl (C=O) groups excluding carboxylic acids is 1. The van der Waals surface area contributed by atoms with Crippen molar-refractivity contribution in [1.29, 1.82) is 0 Å². The molecule has 0 heterocycles. The molecule has 0 aliphatic heterocycles. The lowest BCUT2D eigenvalue weighted by molar-refractivity contribution is -0.139. The Balaban J connectivity index is 1.97. The van der Waals surface area contributed by atoms with E-state index in [1.807, 2.05) is 0 Å². The minimum Gasteiger partial charge on any atom is -0.469 e. The van der Waals surface area contributed by atoms with Crippen LogP contribution in [0.25, 0.3) is 0 Å². The van der Waals surface area contributed by atoms with Crippen molar-refractivity contribution in [3.05, 3.63) is 59.7 Å². The Morgan fingerprint density at radius 2 is 1.91 bits per heavy atom.